The van der Waals surface area contributed by atoms with Crippen molar-refractivity contribution in [2.24, 2.45) is 0 Å². The molecule has 0 saturated heterocycles. The summed E-state index contributed by atoms with van der Waals surface area (Å²) in [7, 11) is 0. The molecule has 2 rings (SSSR count). The van der Waals surface area contributed by atoms with Gasteiger partial charge in [0.25, 0.3) is 0 Å². The van der Waals surface area contributed by atoms with E-state index in [0.717, 1.165) is 28.9 Å². The van der Waals surface area contributed by atoms with Crippen molar-refractivity contribution in [1.29, 1.82) is 0 Å². The molecule has 0 heterocycles. The quantitative estimate of drug-likeness (QED) is 0.207. The van der Waals surface area contributed by atoms with Crippen molar-refractivity contribution in [1.82, 2.24) is 0 Å². The molecule has 41 heavy (non-hydrogen) atoms. The van der Waals surface area contributed by atoms with Gasteiger partial charge < -0.3 is 28.8 Å². The number of alkyl halides is 1. The Hall–Kier alpha value is -2.30. The molecule has 9 heteroatoms. The molecule has 0 amide bonds. The lowest BCUT2D eigenvalue weighted by Gasteiger charge is -2.19. The number of halogens is 1. The Morgan fingerprint density at radius 2 is 1.07 bits per heavy atom. The number of carbonyl (C=O) groups excluding carboxylic acids is 2. The van der Waals surface area contributed by atoms with Gasteiger partial charge in [-0.25, -0.2) is 4.79 Å². The van der Waals surface area contributed by atoms with Gasteiger partial charge in [-0.05, 0) is 77.6 Å². The van der Waals surface area contributed by atoms with E-state index in [1.807, 2.05) is 104 Å². The molecular weight excluding hydrogens is 592 g/mol. The van der Waals surface area contributed by atoms with E-state index in [9.17, 15) is 9.59 Å². The van der Waals surface area contributed by atoms with E-state index in [1.54, 1.807) is 0 Å². The van der Waals surface area contributed by atoms with Gasteiger partial charge in [0.05, 0.1) is 26.4 Å². The third kappa shape index (κ3) is 23.0. The molecule has 0 radical (unpaired) electrons. The maximum Gasteiger partial charge on any atom is 0.332 e. The summed E-state index contributed by atoms with van der Waals surface area (Å²) in [6.45, 7) is 18.1. The number of rotatable bonds is 12. The lowest BCUT2D eigenvalue weighted by molar-refractivity contribution is -0.160. The Morgan fingerprint density at radius 3 is 1.44 bits per heavy atom. The van der Waals surface area contributed by atoms with Gasteiger partial charge in [0, 0.05) is 13.2 Å². The smallest absolute Gasteiger partial charge is 0.332 e. The predicted octanol–water partition coefficient (Wildman–Crippen LogP) is 6.52. The zero-order valence-corrected chi connectivity index (χ0v) is 27.5. The Balaban J connectivity index is 0.000000646. The summed E-state index contributed by atoms with van der Waals surface area (Å²) in [5, 5.41) is 9.11. The highest BCUT2D eigenvalue weighted by Crippen LogP contribution is 2.10. The van der Waals surface area contributed by atoms with Crippen LogP contribution < -0.4 is 0 Å². The number of benzene rings is 2. The highest BCUT2D eigenvalue weighted by molar-refractivity contribution is 9.09. The molecule has 232 valence electrons. The van der Waals surface area contributed by atoms with Gasteiger partial charge >= 0.3 is 11.9 Å². The minimum absolute atomic E-state index is 0.0348. The summed E-state index contributed by atoms with van der Waals surface area (Å²) in [5.41, 5.74) is 3.34. The monoisotopic (exact) mass is 640 g/mol. The van der Waals surface area contributed by atoms with Crippen LogP contribution in [0.5, 0.6) is 0 Å². The second-order valence-corrected chi connectivity index (χ2v) is 11.4. The van der Waals surface area contributed by atoms with Crippen molar-refractivity contribution in [3.8, 4) is 0 Å². The molecule has 0 aliphatic carbocycles. The first-order valence-electron chi connectivity index (χ1n) is 13.7. The number of aliphatic hydroxyl groups is 1. The summed E-state index contributed by atoms with van der Waals surface area (Å²) in [6.07, 6.45) is 0. The van der Waals surface area contributed by atoms with Crippen LogP contribution in [-0.4, -0.2) is 53.4 Å². The molecular formula is C32H49BrO8. The first-order valence-corrected chi connectivity index (χ1v) is 14.8. The minimum atomic E-state index is -0.474. The Labute approximate surface area is 254 Å². The minimum Gasteiger partial charge on any atom is -0.459 e. The SMILES string of the molecule is CC(C)(C)OC(=O)CBr.CCOCc1cccc(CO)c1.CCOCc1cccc(COCC(=O)OC(C)(C)C)c1. The normalized spacial score (nSPS) is 11.0. The zero-order valence-electron chi connectivity index (χ0n) is 26.0. The first kappa shape index (κ1) is 38.7. The fourth-order valence-electron chi connectivity index (χ4n) is 3.06. The van der Waals surface area contributed by atoms with Gasteiger partial charge in [-0.15, -0.1) is 0 Å². The van der Waals surface area contributed by atoms with Crippen molar-refractivity contribution in [2.45, 2.75) is 93.0 Å². The van der Waals surface area contributed by atoms with E-state index in [2.05, 4.69) is 15.9 Å². The molecule has 1 N–H and O–H groups in total. The molecule has 0 atom stereocenters. The van der Waals surface area contributed by atoms with Crippen molar-refractivity contribution < 1.29 is 38.4 Å². The van der Waals surface area contributed by atoms with Crippen LogP contribution in [0, 0.1) is 0 Å². The van der Waals surface area contributed by atoms with Gasteiger partial charge in [0.1, 0.15) is 23.1 Å². The highest BCUT2D eigenvalue weighted by atomic mass is 79.9. The Bertz CT molecular complexity index is 996. The molecule has 0 bridgehead atoms. The Kier molecular flexibility index (Phi) is 20.2. The molecule has 8 nitrogen and oxygen atoms in total. The van der Waals surface area contributed by atoms with E-state index in [0.29, 0.717) is 26.4 Å². The van der Waals surface area contributed by atoms with Crippen molar-refractivity contribution >= 4 is 27.9 Å². The number of carbonyl (C=O) groups is 2. The summed E-state index contributed by atoms with van der Waals surface area (Å²) in [4.78, 5) is 22.0. The van der Waals surface area contributed by atoms with Crippen molar-refractivity contribution in [3.05, 3.63) is 70.8 Å². The fraction of sp³-hybridized carbons (Fsp3) is 0.562. The van der Waals surface area contributed by atoms with E-state index in [4.69, 9.17) is 28.8 Å². The number of aliphatic hydroxyl groups excluding tert-OH is 1. The molecule has 0 spiro atoms. The summed E-state index contributed by atoms with van der Waals surface area (Å²) >= 11 is 2.99. The summed E-state index contributed by atoms with van der Waals surface area (Å²) in [6, 6.07) is 15.7. The highest BCUT2D eigenvalue weighted by Gasteiger charge is 2.16. The average Bonchev–Trinajstić information content (AvgIpc) is 2.90. The fourth-order valence-corrected chi connectivity index (χ4v) is 3.17. The van der Waals surface area contributed by atoms with E-state index >= 15 is 0 Å². The predicted molar refractivity (Wildman–Crippen MR) is 165 cm³/mol. The zero-order chi connectivity index (χ0) is 31.3. The largest absolute Gasteiger partial charge is 0.459 e. The standard InChI is InChI=1S/C16H24O4.C10H14O2.C6H11BrO2/c1-5-18-10-13-7-6-8-14(9-13)11-19-12-15(17)20-16(2,3)4;1-2-12-8-10-5-3-4-9(6-10)7-11;1-6(2,3)9-5(8)4-7/h6-9H,5,10-12H2,1-4H3;3-6,11H,2,7-8H2,1H3;4H2,1-3H3. The van der Waals surface area contributed by atoms with Crippen LogP contribution in [-0.2, 0) is 59.7 Å². The number of hydrogen-bond donors (Lipinski definition) is 1. The van der Waals surface area contributed by atoms with Gasteiger partial charge in [-0.1, -0.05) is 64.5 Å². The lowest BCUT2D eigenvalue weighted by atomic mass is 10.1. The second kappa shape index (κ2) is 21.4. The molecule has 0 aromatic heterocycles. The molecule has 0 aliphatic rings. The van der Waals surface area contributed by atoms with Crippen LogP contribution in [0.3, 0.4) is 0 Å². The van der Waals surface area contributed by atoms with Gasteiger partial charge in [0.15, 0.2) is 0 Å². The third-order valence-corrected chi connectivity index (χ3v) is 5.01. The van der Waals surface area contributed by atoms with E-state index < -0.39 is 5.60 Å². The number of ether oxygens (including phenoxy) is 5. The third-order valence-electron chi connectivity index (χ3n) is 4.55. The first-order chi connectivity index (χ1) is 19.2. The van der Waals surface area contributed by atoms with Crippen LogP contribution in [0.25, 0.3) is 0 Å². The van der Waals surface area contributed by atoms with Crippen LogP contribution in [0.15, 0.2) is 48.5 Å². The lowest BCUT2D eigenvalue weighted by Crippen LogP contribution is -2.26. The number of esters is 2. The van der Waals surface area contributed by atoms with Gasteiger partial charge in [-0.2, -0.15) is 0 Å². The maximum atomic E-state index is 11.5. The van der Waals surface area contributed by atoms with Crippen molar-refractivity contribution in [3.63, 3.8) is 0 Å². The van der Waals surface area contributed by atoms with Crippen LogP contribution in [0.4, 0.5) is 0 Å². The molecule has 0 fully saturated rings. The Morgan fingerprint density at radius 1 is 0.683 bits per heavy atom. The molecule has 2 aromatic carbocycles. The van der Waals surface area contributed by atoms with Crippen LogP contribution >= 0.6 is 15.9 Å². The van der Waals surface area contributed by atoms with E-state index in [-0.39, 0.29) is 36.1 Å². The molecule has 2 aromatic rings. The molecule has 0 aliphatic heterocycles. The molecule has 0 unspecified atom stereocenters. The van der Waals surface area contributed by atoms with Gasteiger partial charge in [-0.3, -0.25) is 4.79 Å². The number of hydrogen-bond acceptors (Lipinski definition) is 8. The van der Waals surface area contributed by atoms with Crippen molar-refractivity contribution in [2.75, 3.05) is 25.2 Å². The molecule has 0 saturated carbocycles. The van der Waals surface area contributed by atoms with Crippen LogP contribution in [0.1, 0.15) is 77.6 Å². The van der Waals surface area contributed by atoms with Gasteiger partial charge in [0.2, 0.25) is 0 Å². The van der Waals surface area contributed by atoms with E-state index in [1.165, 1.54) is 0 Å². The second-order valence-electron chi connectivity index (χ2n) is 10.9. The topological polar surface area (TPSA) is 101 Å². The summed E-state index contributed by atoms with van der Waals surface area (Å²) in [5.74, 6) is -0.564. The summed E-state index contributed by atoms with van der Waals surface area (Å²) < 4.78 is 26.0. The van der Waals surface area contributed by atoms with Crippen LogP contribution in [0.2, 0.25) is 0 Å². The maximum absolute atomic E-state index is 11.5. The average molecular weight is 642 g/mol.